The molecule has 0 unspecified atom stereocenters. The van der Waals surface area contributed by atoms with Crippen LogP contribution in [-0.2, 0) is 0 Å². The molecule has 0 spiro atoms. The smallest absolute Gasteiger partial charge is 0.141 e. The van der Waals surface area contributed by atoms with Crippen LogP contribution in [0.15, 0.2) is 35.8 Å². The number of aromatic nitrogens is 2. The molecule has 0 aliphatic carbocycles. The van der Waals surface area contributed by atoms with Crippen LogP contribution >= 0.6 is 11.3 Å². The van der Waals surface area contributed by atoms with Crippen molar-refractivity contribution in [3.05, 3.63) is 35.8 Å². The number of thiazole rings is 1. The first-order chi connectivity index (χ1) is 10.2. The van der Waals surface area contributed by atoms with Crippen molar-refractivity contribution >= 4 is 22.2 Å². The van der Waals surface area contributed by atoms with Gasteiger partial charge in [0.1, 0.15) is 22.2 Å². The molecule has 108 valence electrons. The van der Waals surface area contributed by atoms with Crippen LogP contribution in [0.1, 0.15) is 13.8 Å². The van der Waals surface area contributed by atoms with E-state index < -0.39 is 0 Å². The topological polar surface area (TPSA) is 44.2 Å². The fourth-order valence-corrected chi connectivity index (χ4v) is 2.71. The normalized spacial score (nSPS) is 11.0. The minimum atomic E-state index is 0.0989. The van der Waals surface area contributed by atoms with Crippen LogP contribution in [0, 0.1) is 0 Å². The lowest BCUT2D eigenvalue weighted by Crippen LogP contribution is -2.06. The summed E-state index contributed by atoms with van der Waals surface area (Å²) in [6.45, 7) is 4.03. The summed E-state index contributed by atoms with van der Waals surface area (Å²) in [5, 5.41) is 3.80. The van der Waals surface area contributed by atoms with E-state index in [2.05, 4.69) is 9.97 Å². The molecule has 0 radical (unpaired) electrons. The fraction of sp³-hybridized carbons (Fsp3) is 0.250. The molecule has 0 aliphatic heterocycles. The molecule has 4 nitrogen and oxygen atoms in total. The van der Waals surface area contributed by atoms with Crippen molar-refractivity contribution in [3.63, 3.8) is 0 Å². The highest BCUT2D eigenvalue weighted by Crippen LogP contribution is 2.33. The van der Waals surface area contributed by atoms with Gasteiger partial charge in [0, 0.05) is 29.1 Å². The van der Waals surface area contributed by atoms with Gasteiger partial charge in [0.15, 0.2) is 0 Å². The molecular weight excluding hydrogens is 284 g/mol. The number of hydrogen-bond donors (Lipinski definition) is 0. The zero-order valence-corrected chi connectivity index (χ0v) is 13.0. The van der Waals surface area contributed by atoms with Crippen LogP contribution in [0.25, 0.3) is 21.6 Å². The fourth-order valence-electron chi connectivity index (χ4n) is 2.11. The average Bonchev–Trinajstić information content (AvgIpc) is 3.00. The van der Waals surface area contributed by atoms with E-state index in [0.717, 1.165) is 33.1 Å². The number of pyridine rings is 1. The molecule has 1 aromatic carbocycles. The zero-order valence-electron chi connectivity index (χ0n) is 12.2. The molecule has 0 aliphatic rings. The Hall–Kier alpha value is -2.14. The number of fused-ring (bicyclic) bond motifs is 1. The third-order valence-corrected chi connectivity index (χ3v) is 3.79. The highest BCUT2D eigenvalue weighted by molar-refractivity contribution is 7.13. The summed E-state index contributed by atoms with van der Waals surface area (Å²) in [7, 11) is 1.65. The van der Waals surface area contributed by atoms with Gasteiger partial charge in [-0.25, -0.2) is 9.97 Å². The molecule has 0 N–H and O–H groups in total. The Morgan fingerprint density at radius 3 is 2.71 bits per heavy atom. The van der Waals surface area contributed by atoms with Gasteiger partial charge in [0.2, 0.25) is 0 Å². The summed E-state index contributed by atoms with van der Waals surface area (Å²) >= 11 is 1.56. The number of benzene rings is 1. The standard InChI is InChI=1S/C16H16N2O2S/c1-10(2)20-15-9-14(16-17-6-7-21-16)18-13-8-11(19-3)4-5-12(13)15/h4-10H,1-3H3. The average molecular weight is 300 g/mol. The van der Waals surface area contributed by atoms with Crippen LogP contribution in [0.5, 0.6) is 11.5 Å². The summed E-state index contributed by atoms with van der Waals surface area (Å²) < 4.78 is 11.2. The van der Waals surface area contributed by atoms with E-state index in [1.54, 1.807) is 24.6 Å². The molecule has 5 heteroatoms. The number of methoxy groups -OCH3 is 1. The number of nitrogens with zero attached hydrogens (tertiary/aromatic N) is 2. The lowest BCUT2D eigenvalue weighted by Gasteiger charge is -2.14. The van der Waals surface area contributed by atoms with Crippen molar-refractivity contribution in [1.82, 2.24) is 9.97 Å². The number of ether oxygens (including phenoxy) is 2. The molecule has 2 heterocycles. The number of rotatable bonds is 4. The second kappa shape index (κ2) is 5.69. The van der Waals surface area contributed by atoms with Crippen molar-refractivity contribution in [3.8, 4) is 22.2 Å². The molecule has 0 saturated heterocycles. The lowest BCUT2D eigenvalue weighted by atomic mass is 10.1. The minimum Gasteiger partial charge on any atom is -0.497 e. The Labute approximate surface area is 127 Å². The predicted molar refractivity (Wildman–Crippen MR) is 85.2 cm³/mol. The summed E-state index contributed by atoms with van der Waals surface area (Å²) in [5.74, 6) is 1.60. The zero-order chi connectivity index (χ0) is 14.8. The molecule has 0 saturated carbocycles. The van der Waals surface area contributed by atoms with E-state index in [-0.39, 0.29) is 6.10 Å². The molecule has 0 atom stereocenters. The lowest BCUT2D eigenvalue weighted by molar-refractivity contribution is 0.245. The highest BCUT2D eigenvalue weighted by Gasteiger charge is 2.12. The maximum absolute atomic E-state index is 5.94. The third kappa shape index (κ3) is 2.83. The molecule has 0 amide bonds. The molecule has 3 rings (SSSR count). The monoisotopic (exact) mass is 300 g/mol. The SMILES string of the molecule is COc1ccc2c(OC(C)C)cc(-c3nccs3)nc2c1. The van der Waals surface area contributed by atoms with Crippen LogP contribution in [-0.4, -0.2) is 23.2 Å². The molecule has 0 bridgehead atoms. The van der Waals surface area contributed by atoms with E-state index in [4.69, 9.17) is 9.47 Å². The van der Waals surface area contributed by atoms with E-state index in [0.29, 0.717) is 0 Å². The second-order valence-electron chi connectivity index (χ2n) is 4.89. The van der Waals surface area contributed by atoms with E-state index in [1.807, 2.05) is 43.5 Å². The molecule has 0 fully saturated rings. The van der Waals surface area contributed by atoms with Crippen LogP contribution < -0.4 is 9.47 Å². The molecule has 21 heavy (non-hydrogen) atoms. The van der Waals surface area contributed by atoms with E-state index in [1.165, 1.54) is 0 Å². The summed E-state index contributed by atoms with van der Waals surface area (Å²) in [5.41, 5.74) is 1.67. The molecule has 2 aromatic heterocycles. The molecule has 3 aromatic rings. The van der Waals surface area contributed by atoms with Gasteiger partial charge in [0.25, 0.3) is 0 Å². The van der Waals surface area contributed by atoms with Crippen LogP contribution in [0.3, 0.4) is 0 Å². The second-order valence-corrected chi connectivity index (χ2v) is 5.79. The van der Waals surface area contributed by atoms with Gasteiger partial charge < -0.3 is 9.47 Å². The first-order valence-corrected chi connectivity index (χ1v) is 7.60. The van der Waals surface area contributed by atoms with E-state index in [9.17, 15) is 0 Å². The van der Waals surface area contributed by atoms with Crippen molar-refractivity contribution in [1.29, 1.82) is 0 Å². The van der Waals surface area contributed by atoms with Crippen LogP contribution in [0.4, 0.5) is 0 Å². The van der Waals surface area contributed by atoms with Gasteiger partial charge in [-0.15, -0.1) is 11.3 Å². The predicted octanol–water partition coefficient (Wildman–Crippen LogP) is 4.15. The number of hydrogen-bond acceptors (Lipinski definition) is 5. The van der Waals surface area contributed by atoms with Gasteiger partial charge >= 0.3 is 0 Å². The maximum Gasteiger partial charge on any atom is 0.141 e. The van der Waals surface area contributed by atoms with Crippen LogP contribution in [0.2, 0.25) is 0 Å². The van der Waals surface area contributed by atoms with Crippen molar-refractivity contribution in [2.75, 3.05) is 7.11 Å². The maximum atomic E-state index is 5.94. The summed E-state index contributed by atoms with van der Waals surface area (Å²) in [4.78, 5) is 9.01. The van der Waals surface area contributed by atoms with Gasteiger partial charge in [0.05, 0.1) is 18.7 Å². The highest BCUT2D eigenvalue weighted by atomic mass is 32.1. The largest absolute Gasteiger partial charge is 0.497 e. The minimum absolute atomic E-state index is 0.0989. The Morgan fingerprint density at radius 1 is 1.19 bits per heavy atom. The Kier molecular flexibility index (Phi) is 3.75. The van der Waals surface area contributed by atoms with Crippen molar-refractivity contribution in [2.24, 2.45) is 0 Å². The van der Waals surface area contributed by atoms with Gasteiger partial charge in [-0.3, -0.25) is 0 Å². The van der Waals surface area contributed by atoms with Crippen molar-refractivity contribution < 1.29 is 9.47 Å². The quantitative estimate of drug-likeness (QED) is 0.726. The Morgan fingerprint density at radius 2 is 2.05 bits per heavy atom. The van der Waals surface area contributed by atoms with Crippen molar-refractivity contribution in [2.45, 2.75) is 20.0 Å². The first kappa shape index (κ1) is 13.8. The summed E-state index contributed by atoms with van der Waals surface area (Å²) in [6, 6.07) is 7.76. The summed E-state index contributed by atoms with van der Waals surface area (Å²) in [6.07, 6.45) is 1.88. The molecular formula is C16H16N2O2S. The van der Waals surface area contributed by atoms with E-state index >= 15 is 0 Å². The first-order valence-electron chi connectivity index (χ1n) is 6.72. The Balaban J connectivity index is 2.21. The Bertz CT molecular complexity index is 754. The van der Waals surface area contributed by atoms with Gasteiger partial charge in [-0.1, -0.05) is 0 Å². The van der Waals surface area contributed by atoms with Gasteiger partial charge in [-0.2, -0.15) is 0 Å². The third-order valence-electron chi connectivity index (χ3n) is 2.99. The van der Waals surface area contributed by atoms with Gasteiger partial charge in [-0.05, 0) is 26.0 Å².